The molecule has 1 aromatic rings. The van der Waals surface area contributed by atoms with Crippen molar-refractivity contribution in [2.75, 3.05) is 25.0 Å². The van der Waals surface area contributed by atoms with Crippen LogP contribution in [-0.2, 0) is 0 Å². The predicted molar refractivity (Wildman–Crippen MR) is 92.6 cm³/mol. The van der Waals surface area contributed by atoms with E-state index in [0.717, 1.165) is 19.0 Å². The molecule has 0 bridgehead atoms. The van der Waals surface area contributed by atoms with Gasteiger partial charge in [-0.05, 0) is 50.4 Å². The molecule has 5 heteroatoms. The van der Waals surface area contributed by atoms with Crippen LogP contribution < -0.4 is 10.6 Å². The van der Waals surface area contributed by atoms with Gasteiger partial charge in [0.2, 0.25) is 0 Å². The maximum Gasteiger partial charge on any atom is 0.319 e. The van der Waals surface area contributed by atoms with Crippen LogP contribution in [0, 0.1) is 0 Å². The predicted octanol–water partition coefficient (Wildman–Crippen LogP) is 4.12. The van der Waals surface area contributed by atoms with Crippen LogP contribution in [0.4, 0.5) is 10.5 Å². The Morgan fingerprint density at radius 1 is 1.41 bits per heavy atom. The van der Waals surface area contributed by atoms with Crippen molar-refractivity contribution < 1.29 is 4.79 Å². The van der Waals surface area contributed by atoms with Gasteiger partial charge in [0.1, 0.15) is 0 Å². The highest BCUT2D eigenvalue weighted by atomic mass is 35.5. The molecule has 1 heterocycles. The minimum absolute atomic E-state index is 0.173. The Balaban J connectivity index is 1.64. The summed E-state index contributed by atoms with van der Waals surface area (Å²) in [4.78, 5) is 14.4. The van der Waals surface area contributed by atoms with Crippen LogP contribution in [0.15, 0.2) is 24.3 Å². The smallest absolute Gasteiger partial charge is 0.319 e. The molecule has 0 aromatic heterocycles. The average Bonchev–Trinajstić information content (AvgIpc) is 2.52. The van der Waals surface area contributed by atoms with Crippen molar-refractivity contribution in [3.8, 4) is 0 Å². The molecular formula is C17H26ClN3O. The summed E-state index contributed by atoms with van der Waals surface area (Å²) in [6, 6.07) is 7.72. The summed E-state index contributed by atoms with van der Waals surface area (Å²) in [5.74, 6) is 0. The summed E-state index contributed by atoms with van der Waals surface area (Å²) >= 11 is 5.89. The summed E-state index contributed by atoms with van der Waals surface area (Å²) in [6.45, 7) is 5.22. The van der Waals surface area contributed by atoms with E-state index in [9.17, 15) is 4.79 Å². The normalized spacial score (nSPS) is 18.9. The van der Waals surface area contributed by atoms with Gasteiger partial charge in [0.15, 0.2) is 0 Å². The number of urea groups is 1. The van der Waals surface area contributed by atoms with E-state index in [4.69, 9.17) is 11.6 Å². The molecule has 22 heavy (non-hydrogen) atoms. The lowest BCUT2D eigenvalue weighted by molar-refractivity contribution is 0.142. The number of hydrogen-bond acceptors (Lipinski definition) is 2. The monoisotopic (exact) mass is 323 g/mol. The number of rotatable bonds is 6. The number of nitrogens with zero attached hydrogens (tertiary/aromatic N) is 1. The molecule has 0 saturated carbocycles. The SMILES string of the molecule is CC[C@@H]1CCCCN1CCCNC(=O)Nc1cccc(Cl)c1. The van der Waals surface area contributed by atoms with Crippen molar-refractivity contribution in [1.29, 1.82) is 0 Å². The first kappa shape index (κ1) is 17.1. The van der Waals surface area contributed by atoms with E-state index in [0.29, 0.717) is 17.3 Å². The Labute approximate surface area is 138 Å². The highest BCUT2D eigenvalue weighted by molar-refractivity contribution is 6.30. The summed E-state index contributed by atoms with van der Waals surface area (Å²) in [5, 5.41) is 6.32. The van der Waals surface area contributed by atoms with Crippen LogP contribution in [0.3, 0.4) is 0 Å². The molecule has 2 rings (SSSR count). The number of halogens is 1. The van der Waals surface area contributed by atoms with Crippen molar-refractivity contribution in [1.82, 2.24) is 10.2 Å². The third-order valence-electron chi connectivity index (χ3n) is 4.21. The Morgan fingerprint density at radius 3 is 3.05 bits per heavy atom. The van der Waals surface area contributed by atoms with E-state index in [-0.39, 0.29) is 6.03 Å². The number of carbonyl (C=O) groups is 1. The zero-order valence-electron chi connectivity index (χ0n) is 13.3. The zero-order valence-corrected chi connectivity index (χ0v) is 14.0. The molecule has 1 aliphatic rings. The van der Waals surface area contributed by atoms with Gasteiger partial charge in [-0.15, -0.1) is 0 Å². The lowest BCUT2D eigenvalue weighted by Gasteiger charge is -2.35. The Morgan fingerprint density at radius 2 is 2.27 bits per heavy atom. The van der Waals surface area contributed by atoms with Gasteiger partial charge in [-0.1, -0.05) is 31.0 Å². The third kappa shape index (κ3) is 5.50. The van der Waals surface area contributed by atoms with Gasteiger partial charge in [-0.3, -0.25) is 0 Å². The van der Waals surface area contributed by atoms with E-state index in [1.54, 1.807) is 12.1 Å². The van der Waals surface area contributed by atoms with Gasteiger partial charge in [0, 0.05) is 29.8 Å². The molecule has 1 aliphatic heterocycles. The molecule has 1 aromatic carbocycles. The highest BCUT2D eigenvalue weighted by Gasteiger charge is 2.19. The fourth-order valence-electron chi connectivity index (χ4n) is 3.04. The molecule has 0 unspecified atom stereocenters. The Kier molecular flexibility index (Phi) is 7.00. The average molecular weight is 324 g/mol. The van der Waals surface area contributed by atoms with E-state index < -0.39 is 0 Å². The number of hydrogen-bond donors (Lipinski definition) is 2. The van der Waals surface area contributed by atoms with Gasteiger partial charge in [-0.25, -0.2) is 4.79 Å². The van der Waals surface area contributed by atoms with E-state index in [2.05, 4.69) is 22.5 Å². The van der Waals surface area contributed by atoms with Gasteiger partial charge >= 0.3 is 6.03 Å². The first-order valence-corrected chi connectivity index (χ1v) is 8.61. The number of carbonyl (C=O) groups excluding carboxylic acids is 1. The standard InChI is InChI=1S/C17H26ClN3O/c1-2-16-9-3-4-11-21(16)12-6-10-19-17(22)20-15-8-5-7-14(18)13-15/h5,7-8,13,16H,2-4,6,9-12H2,1H3,(H2,19,20,22)/t16-/m1/s1. The van der Waals surface area contributed by atoms with Crippen molar-refractivity contribution in [2.45, 2.75) is 45.1 Å². The fourth-order valence-corrected chi connectivity index (χ4v) is 3.23. The molecule has 0 aliphatic carbocycles. The van der Waals surface area contributed by atoms with Gasteiger partial charge in [0.05, 0.1) is 0 Å². The summed E-state index contributed by atoms with van der Waals surface area (Å²) in [7, 11) is 0. The number of piperidine rings is 1. The van der Waals surface area contributed by atoms with Crippen LogP contribution in [0.5, 0.6) is 0 Å². The minimum Gasteiger partial charge on any atom is -0.338 e. The molecule has 2 N–H and O–H groups in total. The summed E-state index contributed by atoms with van der Waals surface area (Å²) in [6.07, 6.45) is 6.19. The van der Waals surface area contributed by atoms with Crippen LogP contribution in [0.2, 0.25) is 5.02 Å². The van der Waals surface area contributed by atoms with Gasteiger partial charge in [0.25, 0.3) is 0 Å². The summed E-state index contributed by atoms with van der Waals surface area (Å²) in [5.41, 5.74) is 0.715. The maximum absolute atomic E-state index is 11.8. The lowest BCUT2D eigenvalue weighted by Crippen LogP contribution is -2.41. The second kappa shape index (κ2) is 9.01. The molecule has 122 valence electrons. The molecule has 0 spiro atoms. The first-order chi connectivity index (χ1) is 10.7. The fraction of sp³-hybridized carbons (Fsp3) is 0.588. The van der Waals surface area contributed by atoms with Crippen molar-refractivity contribution in [3.63, 3.8) is 0 Å². The van der Waals surface area contributed by atoms with Crippen LogP contribution in [0.25, 0.3) is 0 Å². The number of anilines is 1. The number of benzene rings is 1. The van der Waals surface area contributed by atoms with Crippen molar-refractivity contribution in [2.24, 2.45) is 0 Å². The topological polar surface area (TPSA) is 44.4 Å². The van der Waals surface area contributed by atoms with Crippen LogP contribution in [0.1, 0.15) is 39.0 Å². The van der Waals surface area contributed by atoms with E-state index in [1.165, 1.54) is 32.2 Å². The molecule has 0 radical (unpaired) electrons. The second-order valence-electron chi connectivity index (χ2n) is 5.84. The molecule has 1 saturated heterocycles. The molecule has 4 nitrogen and oxygen atoms in total. The number of amides is 2. The molecular weight excluding hydrogens is 298 g/mol. The summed E-state index contributed by atoms with van der Waals surface area (Å²) < 4.78 is 0. The number of likely N-dealkylation sites (tertiary alicyclic amines) is 1. The van der Waals surface area contributed by atoms with E-state index >= 15 is 0 Å². The highest BCUT2D eigenvalue weighted by Crippen LogP contribution is 2.19. The van der Waals surface area contributed by atoms with Crippen LogP contribution in [-0.4, -0.2) is 36.6 Å². The molecule has 1 atom stereocenters. The molecule has 1 fully saturated rings. The quantitative estimate of drug-likeness (QED) is 0.774. The van der Waals surface area contributed by atoms with Gasteiger partial charge in [-0.2, -0.15) is 0 Å². The second-order valence-corrected chi connectivity index (χ2v) is 6.28. The maximum atomic E-state index is 11.8. The number of nitrogens with one attached hydrogen (secondary N) is 2. The van der Waals surface area contributed by atoms with Crippen molar-refractivity contribution in [3.05, 3.63) is 29.3 Å². The third-order valence-corrected chi connectivity index (χ3v) is 4.45. The zero-order chi connectivity index (χ0) is 15.8. The van der Waals surface area contributed by atoms with Crippen molar-refractivity contribution >= 4 is 23.3 Å². The largest absolute Gasteiger partial charge is 0.338 e. The van der Waals surface area contributed by atoms with Gasteiger partial charge < -0.3 is 15.5 Å². The van der Waals surface area contributed by atoms with Crippen LogP contribution >= 0.6 is 11.6 Å². The molecule has 2 amide bonds. The minimum atomic E-state index is -0.173. The first-order valence-electron chi connectivity index (χ1n) is 8.23. The Bertz CT molecular complexity index is 481. The van der Waals surface area contributed by atoms with E-state index in [1.807, 2.05) is 12.1 Å². The lowest BCUT2D eigenvalue weighted by atomic mass is 10.00. The Hall–Kier alpha value is -1.26.